The molecule has 0 radical (unpaired) electrons. The van der Waals surface area contributed by atoms with Crippen LogP contribution in [-0.2, 0) is 11.4 Å². The van der Waals surface area contributed by atoms with Crippen LogP contribution in [0.1, 0.15) is 22.8 Å². The van der Waals surface area contributed by atoms with Crippen molar-refractivity contribution in [2.75, 3.05) is 0 Å². The summed E-state index contributed by atoms with van der Waals surface area (Å²) in [5.74, 6) is 0.0107. The standard InChI is InChI=1S/C26H21ClN2O3/c27-21-13-10-18(11-14-21)17-32-24-15-12-19-6-4-5-9-22(19)23(24)16-28-29-26(31)25(30)20-7-2-1-3-8-20/h1-16,25,30H,17H2,(H,29,31)/b28-16+. The minimum absolute atomic E-state index is 0.357. The van der Waals surface area contributed by atoms with Crippen LogP contribution >= 0.6 is 11.6 Å². The molecule has 4 aromatic rings. The molecule has 0 saturated carbocycles. The minimum Gasteiger partial charge on any atom is -0.488 e. The predicted octanol–water partition coefficient (Wildman–Crippen LogP) is 5.26. The fourth-order valence-electron chi connectivity index (χ4n) is 3.28. The summed E-state index contributed by atoms with van der Waals surface area (Å²) in [6.07, 6.45) is 0.233. The third-order valence-electron chi connectivity index (χ3n) is 4.97. The summed E-state index contributed by atoms with van der Waals surface area (Å²) in [4.78, 5) is 12.3. The van der Waals surface area contributed by atoms with E-state index in [9.17, 15) is 9.90 Å². The summed E-state index contributed by atoms with van der Waals surface area (Å²) in [5.41, 5.74) is 4.61. The predicted molar refractivity (Wildman–Crippen MR) is 127 cm³/mol. The first-order chi connectivity index (χ1) is 15.6. The highest BCUT2D eigenvalue weighted by Gasteiger charge is 2.16. The lowest BCUT2D eigenvalue weighted by atomic mass is 10.0. The van der Waals surface area contributed by atoms with Gasteiger partial charge in [0.25, 0.3) is 5.91 Å². The molecule has 1 amide bonds. The van der Waals surface area contributed by atoms with Crippen LogP contribution in [0, 0.1) is 0 Å². The summed E-state index contributed by atoms with van der Waals surface area (Å²) in [7, 11) is 0. The van der Waals surface area contributed by atoms with Gasteiger partial charge in [-0.2, -0.15) is 5.10 Å². The molecule has 0 aliphatic carbocycles. The van der Waals surface area contributed by atoms with E-state index in [-0.39, 0.29) is 0 Å². The van der Waals surface area contributed by atoms with E-state index >= 15 is 0 Å². The zero-order chi connectivity index (χ0) is 22.3. The summed E-state index contributed by atoms with van der Waals surface area (Å²) < 4.78 is 6.05. The highest BCUT2D eigenvalue weighted by atomic mass is 35.5. The van der Waals surface area contributed by atoms with Crippen molar-refractivity contribution in [3.05, 3.63) is 113 Å². The van der Waals surface area contributed by atoms with Gasteiger partial charge in [0, 0.05) is 10.6 Å². The zero-order valence-corrected chi connectivity index (χ0v) is 17.9. The number of fused-ring (bicyclic) bond motifs is 1. The van der Waals surface area contributed by atoms with Crippen LogP contribution < -0.4 is 10.2 Å². The first-order valence-corrected chi connectivity index (χ1v) is 10.4. The number of ether oxygens (including phenoxy) is 1. The summed E-state index contributed by atoms with van der Waals surface area (Å²) in [6.45, 7) is 0.357. The maximum atomic E-state index is 12.3. The molecule has 160 valence electrons. The summed E-state index contributed by atoms with van der Waals surface area (Å²) in [5, 5.41) is 16.9. The average Bonchev–Trinajstić information content (AvgIpc) is 2.84. The Labute approximate surface area is 190 Å². The number of halogens is 1. The average molecular weight is 445 g/mol. The minimum atomic E-state index is -1.30. The van der Waals surface area contributed by atoms with Gasteiger partial charge in [-0.1, -0.05) is 84.4 Å². The molecule has 0 heterocycles. The second kappa shape index (κ2) is 10.1. The number of carbonyl (C=O) groups excluding carboxylic acids is 1. The normalized spacial score (nSPS) is 12.1. The van der Waals surface area contributed by atoms with E-state index in [1.165, 1.54) is 6.21 Å². The molecule has 0 saturated heterocycles. The molecule has 4 aromatic carbocycles. The van der Waals surface area contributed by atoms with Crippen molar-refractivity contribution in [3.8, 4) is 5.75 Å². The molecule has 0 aliphatic heterocycles. The molecule has 0 aliphatic rings. The lowest BCUT2D eigenvalue weighted by Crippen LogP contribution is -2.25. The van der Waals surface area contributed by atoms with Crippen LogP contribution in [0.4, 0.5) is 0 Å². The summed E-state index contributed by atoms with van der Waals surface area (Å²) in [6, 6.07) is 27.8. The van der Waals surface area contributed by atoms with E-state index in [0.717, 1.165) is 21.9 Å². The number of aliphatic hydroxyl groups is 1. The number of carbonyl (C=O) groups is 1. The number of nitrogens with zero attached hydrogens (tertiary/aromatic N) is 1. The Hall–Kier alpha value is -3.67. The smallest absolute Gasteiger partial charge is 0.273 e. The fourth-order valence-corrected chi connectivity index (χ4v) is 3.41. The van der Waals surface area contributed by atoms with Crippen molar-refractivity contribution < 1.29 is 14.6 Å². The molecule has 1 atom stereocenters. The SMILES string of the molecule is O=C(N/N=C/c1c(OCc2ccc(Cl)cc2)ccc2ccccc12)C(O)c1ccccc1. The van der Waals surface area contributed by atoms with Gasteiger partial charge in [0.2, 0.25) is 0 Å². The number of amides is 1. The maximum absolute atomic E-state index is 12.3. The van der Waals surface area contributed by atoms with E-state index in [4.69, 9.17) is 16.3 Å². The largest absolute Gasteiger partial charge is 0.488 e. The Balaban J connectivity index is 1.55. The number of hydrogen-bond donors (Lipinski definition) is 2. The van der Waals surface area contributed by atoms with Gasteiger partial charge in [0.1, 0.15) is 12.4 Å². The van der Waals surface area contributed by atoms with E-state index in [1.807, 2.05) is 66.7 Å². The zero-order valence-electron chi connectivity index (χ0n) is 17.1. The number of benzene rings is 4. The third kappa shape index (κ3) is 5.14. The van der Waals surface area contributed by atoms with Crippen molar-refractivity contribution in [1.82, 2.24) is 5.43 Å². The first kappa shape index (κ1) is 21.6. The molecular formula is C26H21ClN2O3. The van der Waals surface area contributed by atoms with E-state index < -0.39 is 12.0 Å². The molecule has 4 rings (SSSR count). The van der Waals surface area contributed by atoms with Gasteiger partial charge in [-0.25, -0.2) is 5.43 Å². The number of rotatable bonds is 7. The molecule has 0 fully saturated rings. The van der Waals surface area contributed by atoms with Gasteiger partial charge < -0.3 is 9.84 Å². The molecule has 0 aromatic heterocycles. The van der Waals surface area contributed by atoms with Crippen molar-refractivity contribution >= 4 is 34.5 Å². The first-order valence-electron chi connectivity index (χ1n) is 10.1. The second-order valence-electron chi connectivity index (χ2n) is 7.16. The van der Waals surface area contributed by atoms with Crippen LogP contribution in [0.25, 0.3) is 10.8 Å². The van der Waals surface area contributed by atoms with Gasteiger partial charge in [0.05, 0.1) is 6.21 Å². The second-order valence-corrected chi connectivity index (χ2v) is 7.60. The van der Waals surface area contributed by atoms with Gasteiger partial charge in [-0.3, -0.25) is 4.79 Å². The van der Waals surface area contributed by atoms with Crippen molar-refractivity contribution in [2.45, 2.75) is 12.7 Å². The van der Waals surface area contributed by atoms with Crippen molar-refractivity contribution in [1.29, 1.82) is 0 Å². The lowest BCUT2D eigenvalue weighted by Gasteiger charge is -2.12. The van der Waals surface area contributed by atoms with E-state index in [0.29, 0.717) is 22.9 Å². The molecule has 0 bridgehead atoms. The highest BCUT2D eigenvalue weighted by molar-refractivity contribution is 6.30. The molecule has 6 heteroatoms. The van der Waals surface area contributed by atoms with Crippen LogP contribution in [0.15, 0.2) is 96.1 Å². The van der Waals surface area contributed by atoms with Crippen LogP contribution in [-0.4, -0.2) is 17.2 Å². The molecule has 5 nitrogen and oxygen atoms in total. The molecule has 1 unspecified atom stereocenters. The van der Waals surface area contributed by atoms with Crippen LogP contribution in [0.3, 0.4) is 0 Å². The number of aliphatic hydroxyl groups excluding tert-OH is 1. The van der Waals surface area contributed by atoms with E-state index in [1.54, 1.807) is 24.3 Å². The molecular weight excluding hydrogens is 424 g/mol. The monoisotopic (exact) mass is 444 g/mol. The van der Waals surface area contributed by atoms with Gasteiger partial charge in [-0.15, -0.1) is 0 Å². The van der Waals surface area contributed by atoms with Crippen molar-refractivity contribution in [3.63, 3.8) is 0 Å². The topological polar surface area (TPSA) is 70.9 Å². The number of hydrogen-bond acceptors (Lipinski definition) is 4. The lowest BCUT2D eigenvalue weighted by molar-refractivity contribution is -0.129. The van der Waals surface area contributed by atoms with Gasteiger partial charge in [-0.05, 0) is 40.1 Å². The third-order valence-corrected chi connectivity index (χ3v) is 5.22. The molecule has 0 spiro atoms. The molecule has 2 N–H and O–H groups in total. The maximum Gasteiger partial charge on any atom is 0.273 e. The Morgan fingerprint density at radius 2 is 1.69 bits per heavy atom. The van der Waals surface area contributed by atoms with Gasteiger partial charge in [0.15, 0.2) is 6.10 Å². The Morgan fingerprint density at radius 1 is 0.969 bits per heavy atom. The molecule has 32 heavy (non-hydrogen) atoms. The number of nitrogens with one attached hydrogen (secondary N) is 1. The van der Waals surface area contributed by atoms with Crippen LogP contribution in [0.5, 0.6) is 5.75 Å². The Morgan fingerprint density at radius 3 is 2.47 bits per heavy atom. The Bertz CT molecular complexity index is 1240. The van der Waals surface area contributed by atoms with Gasteiger partial charge >= 0.3 is 0 Å². The fraction of sp³-hybridized carbons (Fsp3) is 0.0769. The Kier molecular flexibility index (Phi) is 6.80. The highest BCUT2D eigenvalue weighted by Crippen LogP contribution is 2.27. The van der Waals surface area contributed by atoms with Crippen LogP contribution in [0.2, 0.25) is 5.02 Å². The quantitative estimate of drug-likeness (QED) is 0.302. The summed E-state index contributed by atoms with van der Waals surface area (Å²) >= 11 is 5.95. The number of hydrazone groups is 1. The van der Waals surface area contributed by atoms with E-state index in [2.05, 4.69) is 10.5 Å². The van der Waals surface area contributed by atoms with Crippen molar-refractivity contribution in [2.24, 2.45) is 5.10 Å².